The van der Waals surface area contributed by atoms with Crippen molar-refractivity contribution in [1.82, 2.24) is 4.90 Å². The van der Waals surface area contributed by atoms with E-state index in [-0.39, 0.29) is 5.43 Å². The average molecular weight is 485 g/mol. The van der Waals surface area contributed by atoms with Gasteiger partial charge in [-0.2, -0.15) is 8.42 Å². The zero-order chi connectivity index (χ0) is 22.6. The van der Waals surface area contributed by atoms with Crippen LogP contribution in [0.5, 0.6) is 0 Å². The van der Waals surface area contributed by atoms with Gasteiger partial charge in [0, 0.05) is 51.7 Å². The number of fused-ring (bicyclic) bond motifs is 2. The van der Waals surface area contributed by atoms with Gasteiger partial charge in [0.25, 0.3) is 10.1 Å². The lowest BCUT2D eigenvalue weighted by Crippen LogP contribution is -2.39. The lowest BCUT2D eigenvalue weighted by molar-refractivity contribution is 0.0398. The first-order valence-electron chi connectivity index (χ1n) is 9.75. The minimum Gasteiger partial charge on any atom is -0.383 e. The van der Waals surface area contributed by atoms with Gasteiger partial charge in [0.05, 0.1) is 24.9 Å². The molecule has 0 atom stereocenters. The Balaban J connectivity index is 0.000000491. The third-order valence-electron chi connectivity index (χ3n) is 4.83. The molecule has 2 N–H and O–H groups in total. The van der Waals surface area contributed by atoms with Crippen LogP contribution in [0.25, 0.3) is 20.2 Å². The number of aryl methyl sites for hydroxylation is 1. The number of nitrogens with zero attached hydrogens (tertiary/aromatic N) is 1. The van der Waals surface area contributed by atoms with Crippen LogP contribution in [0.1, 0.15) is 5.56 Å². The minimum absolute atomic E-state index is 0.0722. The van der Waals surface area contributed by atoms with Gasteiger partial charge in [-0.1, -0.05) is 17.7 Å². The molecule has 1 saturated heterocycles. The molecule has 0 bridgehead atoms. The lowest BCUT2D eigenvalue weighted by atomic mass is 10.1. The summed E-state index contributed by atoms with van der Waals surface area (Å²) in [5.41, 5.74) is 2.10. The summed E-state index contributed by atoms with van der Waals surface area (Å²) < 4.78 is 33.2. The van der Waals surface area contributed by atoms with Crippen molar-refractivity contribution in [2.24, 2.45) is 0 Å². The van der Waals surface area contributed by atoms with Crippen molar-refractivity contribution < 1.29 is 17.7 Å². The van der Waals surface area contributed by atoms with Crippen LogP contribution < -0.4 is 10.7 Å². The van der Waals surface area contributed by atoms with Crippen LogP contribution in [0, 0.1) is 6.92 Å². The molecule has 0 saturated carbocycles. The second-order valence-corrected chi connectivity index (χ2v) is 10.3. The number of benzene rings is 2. The number of rotatable bonds is 4. The first kappa shape index (κ1) is 23.9. The van der Waals surface area contributed by atoms with Gasteiger partial charge in [0.15, 0.2) is 5.43 Å². The SMILES string of the molecule is CS(=O)(=O)O.Cc1ccc(NCCN2CCOCC2)c2c(=O)c3ccc(Cl)cc3sc12. The summed E-state index contributed by atoms with van der Waals surface area (Å²) in [6, 6.07) is 9.58. The molecular formula is C21H25ClN2O5S2. The smallest absolute Gasteiger partial charge is 0.261 e. The summed E-state index contributed by atoms with van der Waals surface area (Å²) >= 11 is 7.74. The normalized spacial score (nSPS) is 15.0. The zero-order valence-corrected chi connectivity index (χ0v) is 19.7. The van der Waals surface area contributed by atoms with E-state index >= 15 is 0 Å². The van der Waals surface area contributed by atoms with Gasteiger partial charge in [0.1, 0.15) is 0 Å². The fourth-order valence-corrected chi connectivity index (χ4v) is 4.82. The fourth-order valence-electron chi connectivity index (χ4n) is 3.38. The van der Waals surface area contributed by atoms with E-state index in [1.165, 1.54) is 0 Å². The third kappa shape index (κ3) is 6.61. The number of nitrogens with one attached hydrogen (secondary N) is 1. The largest absolute Gasteiger partial charge is 0.383 e. The van der Waals surface area contributed by atoms with E-state index in [1.807, 2.05) is 25.1 Å². The predicted octanol–water partition coefficient (Wildman–Crippen LogP) is 3.62. The Bertz CT molecular complexity index is 1230. The first-order chi connectivity index (χ1) is 14.6. The van der Waals surface area contributed by atoms with Crippen LogP contribution in [0.15, 0.2) is 35.1 Å². The predicted molar refractivity (Wildman–Crippen MR) is 129 cm³/mol. The van der Waals surface area contributed by atoms with Crippen LogP contribution in [0.3, 0.4) is 0 Å². The maximum absolute atomic E-state index is 13.1. The molecule has 0 aliphatic carbocycles. The van der Waals surface area contributed by atoms with Gasteiger partial charge < -0.3 is 10.1 Å². The highest BCUT2D eigenvalue weighted by Gasteiger charge is 2.14. The van der Waals surface area contributed by atoms with E-state index in [1.54, 1.807) is 17.4 Å². The second-order valence-electron chi connectivity index (χ2n) is 7.32. The van der Waals surface area contributed by atoms with Crippen molar-refractivity contribution in [3.05, 3.63) is 51.1 Å². The lowest BCUT2D eigenvalue weighted by Gasteiger charge is -2.26. The molecule has 10 heteroatoms. The molecule has 0 spiro atoms. The van der Waals surface area contributed by atoms with Crippen molar-refractivity contribution in [2.75, 3.05) is 51.0 Å². The molecule has 168 valence electrons. The highest BCUT2D eigenvalue weighted by molar-refractivity contribution is 7.85. The van der Waals surface area contributed by atoms with E-state index in [9.17, 15) is 13.2 Å². The number of morpholine rings is 1. The van der Waals surface area contributed by atoms with Crippen molar-refractivity contribution in [1.29, 1.82) is 0 Å². The Morgan fingerprint density at radius 2 is 1.90 bits per heavy atom. The molecule has 1 fully saturated rings. The van der Waals surface area contributed by atoms with Gasteiger partial charge >= 0.3 is 0 Å². The molecule has 1 aromatic heterocycles. The molecular weight excluding hydrogens is 460 g/mol. The highest BCUT2D eigenvalue weighted by Crippen LogP contribution is 2.32. The summed E-state index contributed by atoms with van der Waals surface area (Å²) in [6.45, 7) is 7.34. The van der Waals surface area contributed by atoms with Crippen molar-refractivity contribution in [3.63, 3.8) is 0 Å². The molecule has 7 nitrogen and oxygen atoms in total. The molecule has 1 aliphatic heterocycles. The van der Waals surface area contributed by atoms with Crippen LogP contribution >= 0.6 is 22.9 Å². The Labute approximate surface area is 190 Å². The number of hydrogen-bond donors (Lipinski definition) is 2. The van der Waals surface area contributed by atoms with Crippen molar-refractivity contribution in [3.8, 4) is 0 Å². The monoisotopic (exact) mass is 484 g/mol. The summed E-state index contributed by atoms with van der Waals surface area (Å²) in [5.74, 6) is 0. The topological polar surface area (TPSA) is 95.9 Å². The molecule has 2 aromatic carbocycles. The quantitative estimate of drug-likeness (QED) is 0.431. The molecule has 1 aliphatic rings. The zero-order valence-electron chi connectivity index (χ0n) is 17.4. The highest BCUT2D eigenvalue weighted by atomic mass is 35.5. The van der Waals surface area contributed by atoms with E-state index in [0.29, 0.717) is 11.3 Å². The van der Waals surface area contributed by atoms with Crippen molar-refractivity contribution >= 4 is 58.9 Å². The summed E-state index contributed by atoms with van der Waals surface area (Å²) in [7, 11) is -3.67. The third-order valence-corrected chi connectivity index (χ3v) is 6.35. The Hall–Kier alpha value is -1.75. The number of halogens is 1. The molecule has 4 rings (SSSR count). The van der Waals surface area contributed by atoms with Gasteiger partial charge in [-0.25, -0.2) is 0 Å². The van der Waals surface area contributed by atoms with Crippen LogP contribution in [0.4, 0.5) is 5.69 Å². The number of hydrogen-bond acceptors (Lipinski definition) is 7. The number of anilines is 1. The first-order valence-corrected chi connectivity index (χ1v) is 12.8. The van der Waals surface area contributed by atoms with E-state index in [0.717, 1.165) is 70.8 Å². The summed E-state index contributed by atoms with van der Waals surface area (Å²) in [4.78, 5) is 15.5. The van der Waals surface area contributed by atoms with Crippen molar-refractivity contribution in [2.45, 2.75) is 6.92 Å². The van der Waals surface area contributed by atoms with Gasteiger partial charge in [-0.15, -0.1) is 11.3 Å². The second kappa shape index (κ2) is 10.2. The molecule has 31 heavy (non-hydrogen) atoms. The standard InChI is InChI=1S/C20H21ClN2O2S.CH4O3S/c1-13-2-5-16(22-6-7-23-8-10-25-11-9-23)18-19(24)15-4-3-14(21)12-17(15)26-20(13)18;1-5(2,3)4/h2-5,12,22H,6-11H2,1H3;1H3,(H,2,3,4). The molecule has 2 heterocycles. The van der Waals surface area contributed by atoms with E-state index in [4.69, 9.17) is 20.9 Å². The van der Waals surface area contributed by atoms with Crippen LogP contribution in [0.2, 0.25) is 5.02 Å². The summed E-state index contributed by atoms with van der Waals surface area (Å²) in [6.07, 6.45) is 0.715. The molecule has 0 unspecified atom stereocenters. The van der Waals surface area contributed by atoms with Crippen LogP contribution in [-0.2, 0) is 14.9 Å². The summed E-state index contributed by atoms with van der Waals surface area (Å²) in [5, 5.41) is 5.65. The maximum Gasteiger partial charge on any atom is 0.261 e. The molecule has 0 radical (unpaired) electrons. The molecule has 0 amide bonds. The Kier molecular flexibility index (Phi) is 7.90. The van der Waals surface area contributed by atoms with Gasteiger partial charge in [-0.3, -0.25) is 14.2 Å². The maximum atomic E-state index is 13.1. The average Bonchev–Trinajstić information content (AvgIpc) is 2.69. The van der Waals surface area contributed by atoms with Crippen LogP contribution in [-0.4, -0.2) is 63.5 Å². The van der Waals surface area contributed by atoms with E-state index < -0.39 is 10.1 Å². The fraction of sp³-hybridized carbons (Fsp3) is 0.381. The Morgan fingerprint density at radius 3 is 2.58 bits per heavy atom. The Morgan fingerprint density at radius 1 is 1.23 bits per heavy atom. The van der Waals surface area contributed by atoms with Gasteiger partial charge in [-0.05, 0) is 36.8 Å². The van der Waals surface area contributed by atoms with Gasteiger partial charge in [0.2, 0.25) is 0 Å². The molecule has 3 aromatic rings. The number of ether oxygens (including phenoxy) is 1. The minimum atomic E-state index is -3.67. The van der Waals surface area contributed by atoms with E-state index in [2.05, 4.69) is 16.3 Å².